The van der Waals surface area contributed by atoms with E-state index >= 15 is 0 Å². The average molecular weight is 388 g/mol. The van der Waals surface area contributed by atoms with Gasteiger partial charge in [-0.25, -0.2) is 0 Å². The van der Waals surface area contributed by atoms with E-state index < -0.39 is 5.92 Å². The van der Waals surface area contributed by atoms with Gasteiger partial charge < -0.3 is 15.6 Å². The number of carbonyl (C=O) groups is 1. The van der Waals surface area contributed by atoms with Gasteiger partial charge in [0, 0.05) is 23.9 Å². The molecule has 4 rings (SSSR count). The fourth-order valence-electron chi connectivity index (χ4n) is 4.07. The lowest BCUT2D eigenvalue weighted by atomic mass is 9.75. The van der Waals surface area contributed by atoms with Crippen molar-refractivity contribution in [3.05, 3.63) is 71.0 Å². The van der Waals surface area contributed by atoms with Crippen LogP contribution in [0.15, 0.2) is 65.4 Å². The number of aromatic nitrogens is 1. The quantitative estimate of drug-likeness (QED) is 0.831. The number of allylic oxidation sites excluding steroid dienone is 3. The van der Waals surface area contributed by atoms with E-state index in [0.717, 1.165) is 12.1 Å². The molecule has 29 heavy (non-hydrogen) atoms. The fraction of sp³-hybridized carbons (Fsp3) is 0.227. The summed E-state index contributed by atoms with van der Waals surface area (Å²) in [7, 11) is 1.45. The number of carbonyl (C=O) groups excluding carboxylic acids is 1. The Kier molecular flexibility index (Phi) is 4.69. The number of phenols is 1. The number of methoxy groups -OCH3 is 1. The molecule has 0 bridgehead atoms. The fourth-order valence-corrected chi connectivity index (χ4v) is 4.07. The summed E-state index contributed by atoms with van der Waals surface area (Å²) in [6, 6.07) is 10.7. The number of ether oxygens (including phenoxy) is 1. The highest BCUT2D eigenvalue weighted by atomic mass is 16.5. The van der Waals surface area contributed by atoms with Gasteiger partial charge in [-0.05, 0) is 42.7 Å². The highest BCUT2D eigenvalue weighted by Gasteiger charge is 2.40. The van der Waals surface area contributed by atoms with Crippen LogP contribution in [0.4, 0.5) is 5.69 Å². The summed E-state index contributed by atoms with van der Waals surface area (Å²) < 4.78 is 5.23. The lowest BCUT2D eigenvalue weighted by molar-refractivity contribution is -0.116. The summed E-state index contributed by atoms with van der Waals surface area (Å²) in [5, 5.41) is 19.9. The molecule has 1 atom stereocenters. The largest absolute Gasteiger partial charge is 0.504 e. The molecule has 0 amide bonds. The summed E-state index contributed by atoms with van der Waals surface area (Å²) in [6.07, 6.45) is 5.13. The van der Waals surface area contributed by atoms with Gasteiger partial charge in [0.1, 0.15) is 5.82 Å². The number of ketones is 1. The monoisotopic (exact) mass is 388 g/mol. The van der Waals surface area contributed by atoms with Crippen LogP contribution in [0.2, 0.25) is 0 Å². The predicted molar refractivity (Wildman–Crippen MR) is 107 cm³/mol. The molecule has 146 valence electrons. The van der Waals surface area contributed by atoms with Crippen molar-refractivity contribution in [3.63, 3.8) is 0 Å². The van der Waals surface area contributed by atoms with Crippen LogP contribution in [-0.2, 0) is 4.79 Å². The molecule has 1 aromatic heterocycles. The second-order valence-electron chi connectivity index (χ2n) is 6.96. The molecule has 2 heterocycles. The van der Waals surface area contributed by atoms with E-state index in [1.54, 1.807) is 35.5 Å². The van der Waals surface area contributed by atoms with E-state index in [-0.39, 0.29) is 28.7 Å². The number of benzene rings is 1. The van der Waals surface area contributed by atoms with Crippen molar-refractivity contribution < 1.29 is 14.6 Å². The normalized spacial score (nSPS) is 19.1. The molecule has 0 radical (unpaired) electrons. The SMILES string of the molecule is COc1cc([C@H]2C(C#N)=C(N)N(c3cccnc3)C3=C2C(=O)CCC3)ccc1O. The van der Waals surface area contributed by atoms with Crippen molar-refractivity contribution in [2.24, 2.45) is 5.73 Å². The van der Waals surface area contributed by atoms with E-state index in [9.17, 15) is 15.2 Å². The number of pyridine rings is 1. The molecule has 0 saturated carbocycles. The Morgan fingerprint density at radius 1 is 1.34 bits per heavy atom. The molecule has 1 aromatic carbocycles. The van der Waals surface area contributed by atoms with Crippen LogP contribution in [0.5, 0.6) is 11.5 Å². The van der Waals surface area contributed by atoms with Crippen molar-refractivity contribution in [2.45, 2.75) is 25.2 Å². The second kappa shape index (κ2) is 7.32. The van der Waals surface area contributed by atoms with E-state index in [0.29, 0.717) is 29.7 Å². The summed E-state index contributed by atoms with van der Waals surface area (Å²) >= 11 is 0. The number of nitriles is 1. The lowest BCUT2D eigenvalue weighted by Crippen LogP contribution is -2.38. The van der Waals surface area contributed by atoms with Crippen LogP contribution in [0.3, 0.4) is 0 Å². The zero-order valence-electron chi connectivity index (χ0n) is 15.9. The van der Waals surface area contributed by atoms with Gasteiger partial charge in [0.2, 0.25) is 0 Å². The third-order valence-electron chi connectivity index (χ3n) is 5.35. The number of rotatable bonds is 3. The number of anilines is 1. The van der Waals surface area contributed by atoms with E-state index in [2.05, 4.69) is 11.1 Å². The number of nitrogens with two attached hydrogens (primary N) is 1. The number of aromatic hydroxyl groups is 1. The summed E-state index contributed by atoms with van der Waals surface area (Å²) in [5.41, 5.74) is 9.51. The molecule has 7 nitrogen and oxygen atoms in total. The van der Waals surface area contributed by atoms with E-state index in [4.69, 9.17) is 10.5 Å². The molecule has 0 saturated heterocycles. The van der Waals surface area contributed by atoms with Crippen LogP contribution in [-0.4, -0.2) is 23.0 Å². The first-order valence-electron chi connectivity index (χ1n) is 9.29. The highest BCUT2D eigenvalue weighted by Crippen LogP contribution is 2.47. The van der Waals surface area contributed by atoms with Gasteiger partial charge in [0.25, 0.3) is 0 Å². The first-order valence-corrected chi connectivity index (χ1v) is 9.29. The zero-order chi connectivity index (χ0) is 20.5. The molecule has 3 N–H and O–H groups in total. The Hall–Kier alpha value is -3.79. The molecule has 0 unspecified atom stereocenters. The minimum atomic E-state index is -0.606. The Bertz CT molecular complexity index is 1080. The third kappa shape index (κ3) is 2.99. The molecule has 7 heteroatoms. The maximum atomic E-state index is 13.0. The summed E-state index contributed by atoms with van der Waals surface area (Å²) in [6.45, 7) is 0. The molecule has 2 aromatic rings. The smallest absolute Gasteiger partial charge is 0.161 e. The topological polar surface area (TPSA) is 112 Å². The van der Waals surface area contributed by atoms with Crippen LogP contribution < -0.4 is 15.4 Å². The Labute approximate surface area is 168 Å². The Morgan fingerprint density at radius 3 is 2.86 bits per heavy atom. The van der Waals surface area contributed by atoms with Gasteiger partial charge >= 0.3 is 0 Å². The summed E-state index contributed by atoms with van der Waals surface area (Å²) in [4.78, 5) is 19.0. The highest BCUT2D eigenvalue weighted by molar-refractivity contribution is 6.01. The van der Waals surface area contributed by atoms with Crippen molar-refractivity contribution in [1.82, 2.24) is 4.98 Å². The van der Waals surface area contributed by atoms with Gasteiger partial charge in [0.05, 0.1) is 36.6 Å². The van der Waals surface area contributed by atoms with E-state index in [1.165, 1.54) is 13.2 Å². The number of hydrogen-bond donors (Lipinski definition) is 2. The number of phenolic OH excluding ortho intramolecular Hbond substituents is 1. The third-order valence-corrected chi connectivity index (χ3v) is 5.35. The Balaban J connectivity index is 1.97. The molecule has 0 spiro atoms. The van der Waals surface area contributed by atoms with Crippen molar-refractivity contribution in [3.8, 4) is 17.6 Å². The van der Waals surface area contributed by atoms with Gasteiger partial charge in [0.15, 0.2) is 17.3 Å². The zero-order valence-corrected chi connectivity index (χ0v) is 15.9. The van der Waals surface area contributed by atoms with Gasteiger partial charge in [-0.15, -0.1) is 0 Å². The maximum absolute atomic E-state index is 13.0. The maximum Gasteiger partial charge on any atom is 0.161 e. The number of Topliss-reactive ketones (excluding diaryl/α,β-unsaturated/α-hetero) is 1. The number of nitrogens with zero attached hydrogens (tertiary/aromatic N) is 3. The minimum Gasteiger partial charge on any atom is -0.504 e. The molecular formula is C22H20N4O3. The van der Waals surface area contributed by atoms with Crippen molar-refractivity contribution in [1.29, 1.82) is 5.26 Å². The van der Waals surface area contributed by atoms with E-state index in [1.807, 2.05) is 6.07 Å². The first kappa shape index (κ1) is 18.6. The van der Waals surface area contributed by atoms with Crippen LogP contribution in [0.1, 0.15) is 30.7 Å². The lowest BCUT2D eigenvalue weighted by Gasteiger charge is -2.39. The minimum absolute atomic E-state index is 0.00238. The van der Waals surface area contributed by atoms with Crippen LogP contribution in [0.25, 0.3) is 0 Å². The summed E-state index contributed by atoms with van der Waals surface area (Å²) in [5.74, 6) is -0.0595. The number of hydrogen-bond acceptors (Lipinski definition) is 7. The molecule has 0 fully saturated rings. The van der Waals surface area contributed by atoms with Gasteiger partial charge in [-0.2, -0.15) is 5.26 Å². The molecule has 1 aliphatic carbocycles. The van der Waals surface area contributed by atoms with Crippen molar-refractivity contribution in [2.75, 3.05) is 12.0 Å². The van der Waals surface area contributed by atoms with Gasteiger partial charge in [-0.3, -0.25) is 14.7 Å². The van der Waals surface area contributed by atoms with Gasteiger partial charge in [-0.1, -0.05) is 6.07 Å². The van der Waals surface area contributed by atoms with Crippen LogP contribution >= 0.6 is 0 Å². The molecule has 1 aliphatic heterocycles. The molecule has 2 aliphatic rings. The van der Waals surface area contributed by atoms with Crippen LogP contribution in [0, 0.1) is 11.3 Å². The first-order chi connectivity index (χ1) is 14.1. The average Bonchev–Trinajstić information content (AvgIpc) is 2.74. The Morgan fingerprint density at radius 2 is 2.17 bits per heavy atom. The second-order valence-corrected chi connectivity index (χ2v) is 6.96. The van der Waals surface area contributed by atoms with Crippen molar-refractivity contribution >= 4 is 11.5 Å². The molecular weight excluding hydrogens is 368 g/mol. The standard InChI is InChI=1S/C22H20N4O3/c1-29-19-10-13(7-8-17(19)27)20-15(11-23)22(24)26(14-4-3-9-25-12-14)16-5-2-6-18(28)21(16)20/h3-4,7-10,12,20,27H,2,5-6,24H2,1H3/t20-/m0/s1. The predicted octanol–water partition coefficient (Wildman–Crippen LogP) is 3.10.